The van der Waals surface area contributed by atoms with Crippen molar-refractivity contribution in [1.29, 1.82) is 0 Å². The summed E-state index contributed by atoms with van der Waals surface area (Å²) in [4.78, 5) is 36.9. The molecule has 0 saturated carbocycles. The van der Waals surface area contributed by atoms with E-state index in [4.69, 9.17) is 0 Å². The van der Waals surface area contributed by atoms with Crippen molar-refractivity contribution >= 4 is 29.1 Å². The third kappa shape index (κ3) is 7.78. The number of hydrogen-bond acceptors (Lipinski definition) is 4. The monoisotopic (exact) mass is 458 g/mol. The highest BCUT2D eigenvalue weighted by Crippen LogP contribution is 2.12. The standard InChI is InChI=1S/C27H30N4O3/c1-2-3-16-28-26(33)21-12-14-23(15-13-21)29-19-25(32)31-24-11-7-10-22(17-24)27(34)30-18-20-8-5-4-6-9-20/h4-15,17,29H,2-3,16,18-19H2,1H3,(H,28,33)(H,30,34)(H,31,32). The highest BCUT2D eigenvalue weighted by molar-refractivity contribution is 5.98. The zero-order chi connectivity index (χ0) is 24.2. The molecule has 0 aliphatic rings. The Morgan fingerprint density at radius 1 is 0.735 bits per heavy atom. The van der Waals surface area contributed by atoms with Gasteiger partial charge in [-0.15, -0.1) is 0 Å². The highest BCUT2D eigenvalue weighted by Gasteiger charge is 2.09. The third-order valence-electron chi connectivity index (χ3n) is 5.12. The Kier molecular flexibility index (Phi) is 9.22. The molecule has 0 radical (unpaired) electrons. The second-order valence-electron chi connectivity index (χ2n) is 7.84. The molecule has 3 rings (SSSR count). The molecule has 0 atom stereocenters. The molecule has 0 bridgehead atoms. The Bertz CT molecular complexity index is 1100. The molecule has 0 aromatic heterocycles. The van der Waals surface area contributed by atoms with Crippen LogP contribution in [0.15, 0.2) is 78.9 Å². The smallest absolute Gasteiger partial charge is 0.251 e. The van der Waals surface area contributed by atoms with Crippen molar-refractivity contribution in [3.63, 3.8) is 0 Å². The topological polar surface area (TPSA) is 99.3 Å². The maximum Gasteiger partial charge on any atom is 0.251 e. The van der Waals surface area contributed by atoms with E-state index in [1.807, 2.05) is 30.3 Å². The lowest BCUT2D eigenvalue weighted by atomic mass is 10.1. The molecule has 0 aliphatic carbocycles. The van der Waals surface area contributed by atoms with Crippen LogP contribution in [0.25, 0.3) is 0 Å². The molecule has 0 aliphatic heterocycles. The van der Waals surface area contributed by atoms with Crippen molar-refractivity contribution in [2.24, 2.45) is 0 Å². The Morgan fingerprint density at radius 3 is 2.21 bits per heavy atom. The molecule has 0 heterocycles. The average Bonchev–Trinajstić information content (AvgIpc) is 2.87. The highest BCUT2D eigenvalue weighted by atomic mass is 16.2. The van der Waals surface area contributed by atoms with Crippen LogP contribution in [0.2, 0.25) is 0 Å². The van der Waals surface area contributed by atoms with E-state index in [1.165, 1.54) is 0 Å². The predicted octanol–water partition coefficient (Wildman–Crippen LogP) is 4.20. The minimum absolute atomic E-state index is 0.0481. The summed E-state index contributed by atoms with van der Waals surface area (Å²) in [6.45, 7) is 3.21. The molecule has 0 unspecified atom stereocenters. The third-order valence-corrected chi connectivity index (χ3v) is 5.12. The normalized spacial score (nSPS) is 10.3. The zero-order valence-electron chi connectivity index (χ0n) is 19.3. The van der Waals surface area contributed by atoms with Crippen LogP contribution in [0, 0.1) is 0 Å². The molecule has 7 nitrogen and oxygen atoms in total. The quantitative estimate of drug-likeness (QED) is 0.324. The summed E-state index contributed by atoms with van der Waals surface area (Å²) in [6, 6.07) is 23.4. The van der Waals surface area contributed by atoms with Gasteiger partial charge in [-0.1, -0.05) is 49.7 Å². The molecular weight excluding hydrogens is 428 g/mol. The van der Waals surface area contributed by atoms with Crippen LogP contribution in [-0.4, -0.2) is 30.8 Å². The second kappa shape index (κ2) is 12.8. The fourth-order valence-electron chi connectivity index (χ4n) is 3.23. The van der Waals surface area contributed by atoms with E-state index in [2.05, 4.69) is 28.2 Å². The van der Waals surface area contributed by atoms with E-state index in [1.54, 1.807) is 48.5 Å². The number of benzene rings is 3. The van der Waals surface area contributed by atoms with E-state index in [9.17, 15) is 14.4 Å². The van der Waals surface area contributed by atoms with Crippen molar-refractivity contribution in [3.8, 4) is 0 Å². The Morgan fingerprint density at radius 2 is 1.47 bits per heavy atom. The van der Waals surface area contributed by atoms with Gasteiger partial charge in [-0.05, 0) is 54.4 Å². The molecule has 3 aromatic carbocycles. The van der Waals surface area contributed by atoms with Crippen LogP contribution in [0.1, 0.15) is 46.0 Å². The number of carbonyl (C=O) groups excluding carboxylic acids is 3. The van der Waals surface area contributed by atoms with Crippen LogP contribution in [0.4, 0.5) is 11.4 Å². The number of nitrogens with one attached hydrogen (secondary N) is 4. The van der Waals surface area contributed by atoms with Crippen molar-refractivity contribution in [3.05, 3.63) is 95.6 Å². The fraction of sp³-hybridized carbons (Fsp3) is 0.222. The molecule has 3 amide bonds. The number of anilines is 2. The van der Waals surface area contributed by atoms with Gasteiger partial charge in [0.15, 0.2) is 0 Å². The van der Waals surface area contributed by atoms with Crippen molar-refractivity contribution in [1.82, 2.24) is 10.6 Å². The Balaban J connectivity index is 1.46. The maximum atomic E-state index is 12.5. The minimum atomic E-state index is -0.247. The van der Waals surface area contributed by atoms with Gasteiger partial charge in [0.05, 0.1) is 6.54 Å². The van der Waals surface area contributed by atoms with Gasteiger partial charge >= 0.3 is 0 Å². The summed E-state index contributed by atoms with van der Waals surface area (Å²) in [5.41, 5.74) is 3.33. The first kappa shape index (κ1) is 24.5. The molecule has 4 N–H and O–H groups in total. The first-order chi connectivity index (χ1) is 16.5. The molecule has 176 valence electrons. The van der Waals surface area contributed by atoms with Crippen LogP contribution in [-0.2, 0) is 11.3 Å². The summed E-state index contributed by atoms with van der Waals surface area (Å²) in [5, 5.41) is 11.6. The summed E-state index contributed by atoms with van der Waals surface area (Å²) in [5.74, 6) is -0.564. The Hall–Kier alpha value is -4.13. The van der Waals surface area contributed by atoms with Gasteiger partial charge in [-0.25, -0.2) is 0 Å². The SMILES string of the molecule is CCCCNC(=O)c1ccc(NCC(=O)Nc2cccc(C(=O)NCc3ccccc3)c2)cc1. The number of hydrogen-bond donors (Lipinski definition) is 4. The van der Waals surface area contributed by atoms with E-state index >= 15 is 0 Å². The first-order valence-electron chi connectivity index (χ1n) is 11.4. The average molecular weight is 459 g/mol. The molecule has 34 heavy (non-hydrogen) atoms. The van der Waals surface area contributed by atoms with Crippen LogP contribution < -0.4 is 21.3 Å². The van der Waals surface area contributed by atoms with E-state index < -0.39 is 0 Å². The van der Waals surface area contributed by atoms with Crippen molar-refractivity contribution < 1.29 is 14.4 Å². The van der Waals surface area contributed by atoms with Gasteiger partial charge in [-0.2, -0.15) is 0 Å². The van der Waals surface area contributed by atoms with Crippen LogP contribution in [0.3, 0.4) is 0 Å². The van der Waals surface area contributed by atoms with E-state index in [0.717, 1.165) is 24.1 Å². The van der Waals surface area contributed by atoms with Gasteiger partial charge in [0.2, 0.25) is 5.91 Å². The van der Waals surface area contributed by atoms with Gasteiger partial charge in [0, 0.05) is 35.6 Å². The zero-order valence-corrected chi connectivity index (χ0v) is 19.3. The van der Waals surface area contributed by atoms with Gasteiger partial charge in [0.25, 0.3) is 11.8 Å². The summed E-state index contributed by atoms with van der Waals surface area (Å²) in [6.07, 6.45) is 1.97. The number of unbranched alkanes of at least 4 members (excludes halogenated alkanes) is 1. The maximum absolute atomic E-state index is 12.5. The second-order valence-corrected chi connectivity index (χ2v) is 7.84. The largest absolute Gasteiger partial charge is 0.376 e. The summed E-state index contributed by atoms with van der Waals surface area (Å²) < 4.78 is 0. The lowest BCUT2D eigenvalue weighted by Gasteiger charge is -2.10. The Labute approximate surface area is 200 Å². The molecule has 3 aromatic rings. The van der Waals surface area contributed by atoms with E-state index in [-0.39, 0.29) is 24.3 Å². The van der Waals surface area contributed by atoms with Crippen molar-refractivity contribution in [2.75, 3.05) is 23.7 Å². The number of carbonyl (C=O) groups is 3. The van der Waals surface area contributed by atoms with Crippen LogP contribution >= 0.6 is 0 Å². The van der Waals surface area contributed by atoms with Gasteiger partial charge in [0.1, 0.15) is 0 Å². The first-order valence-corrected chi connectivity index (χ1v) is 11.4. The molecule has 0 spiro atoms. The lowest BCUT2D eigenvalue weighted by Crippen LogP contribution is -2.24. The lowest BCUT2D eigenvalue weighted by molar-refractivity contribution is -0.114. The van der Waals surface area contributed by atoms with Crippen LogP contribution in [0.5, 0.6) is 0 Å². The molecule has 0 fully saturated rings. The molecule has 7 heteroatoms. The molecule has 0 saturated heterocycles. The number of rotatable bonds is 11. The summed E-state index contributed by atoms with van der Waals surface area (Å²) in [7, 11) is 0. The minimum Gasteiger partial charge on any atom is -0.376 e. The van der Waals surface area contributed by atoms with Gasteiger partial charge < -0.3 is 21.3 Å². The number of amides is 3. The fourth-order valence-corrected chi connectivity index (χ4v) is 3.23. The van der Waals surface area contributed by atoms with Gasteiger partial charge in [-0.3, -0.25) is 14.4 Å². The summed E-state index contributed by atoms with van der Waals surface area (Å²) >= 11 is 0. The van der Waals surface area contributed by atoms with Crippen molar-refractivity contribution in [2.45, 2.75) is 26.3 Å². The van der Waals surface area contributed by atoms with E-state index in [0.29, 0.717) is 29.9 Å². The molecular formula is C27H30N4O3. The predicted molar refractivity (Wildman–Crippen MR) is 135 cm³/mol.